The highest BCUT2D eigenvalue weighted by molar-refractivity contribution is 7.71. The van der Waals surface area contributed by atoms with Gasteiger partial charge in [0, 0.05) is 5.56 Å². The lowest BCUT2D eigenvalue weighted by Gasteiger charge is -2.03. The molecule has 0 unspecified atom stereocenters. The monoisotopic (exact) mass is 308 g/mol. The van der Waals surface area contributed by atoms with E-state index in [1.165, 1.54) is 11.1 Å². The average Bonchev–Trinajstić information content (AvgIpc) is 2.87. The molecule has 2 aromatic carbocycles. The van der Waals surface area contributed by atoms with Crippen molar-refractivity contribution in [1.29, 1.82) is 0 Å². The third-order valence-corrected chi connectivity index (χ3v) is 3.69. The number of aromatic amines is 1. The minimum absolute atomic E-state index is 0.473. The van der Waals surface area contributed by atoms with E-state index in [1.807, 2.05) is 43.3 Å². The highest BCUT2D eigenvalue weighted by Crippen LogP contribution is 2.18. The maximum absolute atomic E-state index is 5.29. The first-order valence-corrected chi connectivity index (χ1v) is 7.40. The van der Waals surface area contributed by atoms with Gasteiger partial charge in [0.1, 0.15) is 0 Å². The number of hydrogen-bond donors (Lipinski definition) is 1. The molecule has 3 rings (SSSR count). The van der Waals surface area contributed by atoms with Crippen LogP contribution in [0.15, 0.2) is 53.6 Å². The van der Waals surface area contributed by atoms with Gasteiger partial charge >= 0.3 is 0 Å². The number of aryl methyl sites for hydroxylation is 2. The number of H-pyrrole nitrogens is 1. The van der Waals surface area contributed by atoms with Gasteiger partial charge in [-0.2, -0.15) is 14.9 Å². The molecule has 0 bridgehead atoms. The van der Waals surface area contributed by atoms with Gasteiger partial charge in [0.2, 0.25) is 4.77 Å². The molecule has 3 aromatic rings. The summed E-state index contributed by atoms with van der Waals surface area (Å²) >= 11 is 5.29. The normalized spacial score (nSPS) is 11.2. The number of rotatable bonds is 3. The number of nitrogens with zero attached hydrogens (tertiary/aromatic N) is 3. The molecule has 0 aliphatic heterocycles. The lowest BCUT2D eigenvalue weighted by Crippen LogP contribution is -1.96. The molecule has 0 atom stereocenters. The third-order valence-electron chi connectivity index (χ3n) is 3.43. The Labute approximate surface area is 134 Å². The van der Waals surface area contributed by atoms with Gasteiger partial charge in [0.25, 0.3) is 0 Å². The predicted octanol–water partition coefficient (Wildman–Crippen LogP) is 4.11. The maximum Gasteiger partial charge on any atom is 0.216 e. The van der Waals surface area contributed by atoms with Crippen molar-refractivity contribution in [3.05, 3.63) is 70.0 Å². The molecule has 1 aromatic heterocycles. The van der Waals surface area contributed by atoms with E-state index in [0.29, 0.717) is 10.6 Å². The topological polar surface area (TPSA) is 46.0 Å². The molecular formula is C17H16N4S. The van der Waals surface area contributed by atoms with E-state index in [9.17, 15) is 0 Å². The first kappa shape index (κ1) is 14.4. The van der Waals surface area contributed by atoms with E-state index in [-0.39, 0.29) is 0 Å². The van der Waals surface area contributed by atoms with Gasteiger partial charge in [-0.15, -0.1) is 0 Å². The molecule has 4 nitrogen and oxygen atoms in total. The number of nitrogens with one attached hydrogen (secondary N) is 1. The second kappa shape index (κ2) is 6.07. The van der Waals surface area contributed by atoms with Crippen molar-refractivity contribution in [2.75, 3.05) is 0 Å². The third kappa shape index (κ3) is 2.89. The van der Waals surface area contributed by atoms with Gasteiger partial charge in [0.15, 0.2) is 5.82 Å². The second-order valence-corrected chi connectivity index (χ2v) is 5.52. The molecule has 0 aliphatic carbocycles. The summed E-state index contributed by atoms with van der Waals surface area (Å²) in [6, 6.07) is 16.2. The van der Waals surface area contributed by atoms with E-state index < -0.39 is 0 Å². The minimum Gasteiger partial charge on any atom is -0.250 e. The van der Waals surface area contributed by atoms with Gasteiger partial charge in [0.05, 0.1) is 6.21 Å². The molecule has 0 aliphatic rings. The highest BCUT2D eigenvalue weighted by atomic mass is 32.1. The Bertz CT molecular complexity index is 889. The van der Waals surface area contributed by atoms with E-state index in [2.05, 4.69) is 34.4 Å². The molecule has 110 valence electrons. The second-order valence-electron chi connectivity index (χ2n) is 5.13. The summed E-state index contributed by atoms with van der Waals surface area (Å²) in [7, 11) is 0. The van der Waals surface area contributed by atoms with Gasteiger partial charge in [-0.1, -0.05) is 48.0 Å². The standard InChI is InChI=1S/C17H16N4S/c1-12-6-5-9-14(10-12)16-19-20-17(22)21(16)18-11-15-8-4-3-7-13(15)2/h3-11H,1-2H3,(H,20,22). The van der Waals surface area contributed by atoms with E-state index in [0.717, 1.165) is 11.1 Å². The smallest absolute Gasteiger partial charge is 0.216 e. The molecule has 0 fully saturated rings. The van der Waals surface area contributed by atoms with E-state index in [4.69, 9.17) is 12.2 Å². The summed E-state index contributed by atoms with van der Waals surface area (Å²) in [6.07, 6.45) is 1.81. The van der Waals surface area contributed by atoms with Crippen LogP contribution in [0.5, 0.6) is 0 Å². The van der Waals surface area contributed by atoms with Crippen LogP contribution in [0, 0.1) is 18.6 Å². The lowest BCUT2D eigenvalue weighted by molar-refractivity contribution is 0.871. The molecule has 0 saturated carbocycles. The quantitative estimate of drug-likeness (QED) is 0.584. The van der Waals surface area contributed by atoms with E-state index in [1.54, 1.807) is 10.9 Å². The Morgan fingerprint density at radius 1 is 1.14 bits per heavy atom. The van der Waals surface area contributed by atoms with Crippen LogP contribution in [0.2, 0.25) is 0 Å². The summed E-state index contributed by atoms with van der Waals surface area (Å²) in [5, 5.41) is 11.6. The number of aromatic nitrogens is 3. The predicted molar refractivity (Wildman–Crippen MR) is 91.8 cm³/mol. The van der Waals surface area contributed by atoms with Gasteiger partial charge in [-0.25, -0.2) is 5.10 Å². The van der Waals surface area contributed by atoms with Crippen LogP contribution in [0.3, 0.4) is 0 Å². The fourth-order valence-corrected chi connectivity index (χ4v) is 2.40. The summed E-state index contributed by atoms with van der Waals surface area (Å²) in [4.78, 5) is 0. The molecule has 0 radical (unpaired) electrons. The fraction of sp³-hybridized carbons (Fsp3) is 0.118. The highest BCUT2D eigenvalue weighted by Gasteiger charge is 2.08. The van der Waals surface area contributed by atoms with Crippen LogP contribution in [0.4, 0.5) is 0 Å². The molecule has 22 heavy (non-hydrogen) atoms. The Morgan fingerprint density at radius 2 is 1.95 bits per heavy atom. The summed E-state index contributed by atoms with van der Waals surface area (Å²) in [5.74, 6) is 0.707. The lowest BCUT2D eigenvalue weighted by atomic mass is 10.1. The van der Waals surface area contributed by atoms with Gasteiger partial charge < -0.3 is 0 Å². The van der Waals surface area contributed by atoms with Crippen molar-refractivity contribution < 1.29 is 0 Å². The van der Waals surface area contributed by atoms with Crippen LogP contribution < -0.4 is 0 Å². The van der Waals surface area contributed by atoms with Crippen molar-refractivity contribution in [2.24, 2.45) is 5.10 Å². The first-order chi connectivity index (χ1) is 10.6. The Balaban J connectivity index is 2.04. The van der Waals surface area contributed by atoms with Crippen molar-refractivity contribution in [2.45, 2.75) is 13.8 Å². The van der Waals surface area contributed by atoms with Crippen LogP contribution in [0.25, 0.3) is 11.4 Å². The Hall–Kier alpha value is -2.53. The van der Waals surface area contributed by atoms with Crippen LogP contribution in [0.1, 0.15) is 16.7 Å². The minimum atomic E-state index is 0.473. The average molecular weight is 308 g/mol. The molecule has 1 heterocycles. The zero-order valence-corrected chi connectivity index (χ0v) is 13.3. The zero-order chi connectivity index (χ0) is 15.5. The van der Waals surface area contributed by atoms with Crippen molar-refractivity contribution in [3.63, 3.8) is 0 Å². The molecule has 0 amide bonds. The first-order valence-electron chi connectivity index (χ1n) is 6.99. The Morgan fingerprint density at radius 3 is 2.73 bits per heavy atom. The molecule has 0 saturated heterocycles. The fourth-order valence-electron chi connectivity index (χ4n) is 2.22. The van der Waals surface area contributed by atoms with E-state index >= 15 is 0 Å². The molecule has 1 N–H and O–H groups in total. The zero-order valence-electron chi connectivity index (χ0n) is 12.4. The Kier molecular flexibility index (Phi) is 3.98. The van der Waals surface area contributed by atoms with Crippen LogP contribution in [-0.4, -0.2) is 21.1 Å². The molecular weight excluding hydrogens is 292 g/mol. The summed E-state index contributed by atoms with van der Waals surface area (Å²) in [5.41, 5.74) is 4.37. The number of hydrogen-bond acceptors (Lipinski definition) is 3. The molecule has 0 spiro atoms. The van der Waals surface area contributed by atoms with Crippen LogP contribution in [-0.2, 0) is 0 Å². The van der Waals surface area contributed by atoms with Gasteiger partial charge in [-0.05, 0) is 43.3 Å². The summed E-state index contributed by atoms with van der Waals surface area (Å²) in [6.45, 7) is 4.10. The van der Waals surface area contributed by atoms with Crippen molar-refractivity contribution >= 4 is 18.4 Å². The maximum atomic E-state index is 5.29. The van der Waals surface area contributed by atoms with Crippen molar-refractivity contribution in [3.8, 4) is 11.4 Å². The van der Waals surface area contributed by atoms with Crippen LogP contribution >= 0.6 is 12.2 Å². The largest absolute Gasteiger partial charge is 0.250 e. The summed E-state index contributed by atoms with van der Waals surface area (Å²) < 4.78 is 2.12. The molecule has 5 heteroatoms. The van der Waals surface area contributed by atoms with Gasteiger partial charge in [-0.3, -0.25) is 0 Å². The van der Waals surface area contributed by atoms with Crippen molar-refractivity contribution in [1.82, 2.24) is 14.9 Å². The number of benzene rings is 2. The SMILES string of the molecule is Cc1cccc(-c2n[nH]c(=S)n2N=Cc2ccccc2C)c1.